The van der Waals surface area contributed by atoms with Crippen molar-refractivity contribution in [2.24, 2.45) is 0 Å². The number of carbonyl (C=O) groups excluding carboxylic acids is 2. The smallest absolute Gasteiger partial charge is 0.262 e. The lowest BCUT2D eigenvalue weighted by molar-refractivity contribution is -0.118. The van der Waals surface area contributed by atoms with Crippen LogP contribution in [0.2, 0.25) is 0 Å². The molecule has 2 N–H and O–H groups in total. The number of para-hydroxylation sites is 1. The Balaban J connectivity index is 1.91. The number of ether oxygens (including phenoxy) is 1. The summed E-state index contributed by atoms with van der Waals surface area (Å²) in [6, 6.07) is 6.60. The predicted molar refractivity (Wildman–Crippen MR) is 70.6 cm³/mol. The number of nitrogens with zero attached hydrogens (tertiary/aromatic N) is 2. The fourth-order valence-corrected chi connectivity index (χ4v) is 1.82. The van der Waals surface area contributed by atoms with E-state index in [-0.39, 0.29) is 18.5 Å². The number of anilines is 2. The average molecular weight is 270 g/mol. The Hall–Kier alpha value is -2.96. The third kappa shape index (κ3) is 2.28. The molecule has 0 saturated heterocycles. The molecule has 1 aromatic carbocycles. The maximum atomic E-state index is 12.2. The molecule has 1 aromatic heterocycles. The van der Waals surface area contributed by atoms with Crippen molar-refractivity contribution < 1.29 is 14.3 Å². The van der Waals surface area contributed by atoms with Crippen molar-refractivity contribution in [2.75, 3.05) is 17.2 Å². The van der Waals surface area contributed by atoms with Crippen LogP contribution in [-0.4, -0.2) is 28.4 Å². The van der Waals surface area contributed by atoms with Gasteiger partial charge in [-0.05, 0) is 18.2 Å². The van der Waals surface area contributed by atoms with Crippen molar-refractivity contribution in [1.82, 2.24) is 9.97 Å². The molecule has 0 saturated carbocycles. The van der Waals surface area contributed by atoms with Gasteiger partial charge in [0.2, 0.25) is 5.95 Å². The van der Waals surface area contributed by atoms with Crippen LogP contribution in [0.3, 0.4) is 0 Å². The molecule has 0 spiro atoms. The molecule has 20 heavy (non-hydrogen) atoms. The Bertz CT molecular complexity index is 673. The average Bonchev–Trinajstić information content (AvgIpc) is 2.47. The van der Waals surface area contributed by atoms with E-state index in [1.165, 1.54) is 12.4 Å². The van der Waals surface area contributed by atoms with Gasteiger partial charge >= 0.3 is 0 Å². The van der Waals surface area contributed by atoms with E-state index in [1.807, 2.05) is 0 Å². The van der Waals surface area contributed by atoms with E-state index in [1.54, 1.807) is 24.3 Å². The number of hydrogen-bond acceptors (Lipinski definition) is 5. The number of nitrogens with one attached hydrogen (secondary N) is 2. The molecule has 3 rings (SSSR count). The van der Waals surface area contributed by atoms with Crippen LogP contribution >= 0.6 is 0 Å². The lowest BCUT2D eigenvalue weighted by Gasteiger charge is -2.20. The normalized spacial score (nSPS) is 12.9. The Labute approximate surface area is 114 Å². The molecule has 100 valence electrons. The summed E-state index contributed by atoms with van der Waals surface area (Å²) in [4.78, 5) is 31.4. The van der Waals surface area contributed by atoms with Gasteiger partial charge in [0, 0.05) is 12.4 Å². The first-order valence-electron chi connectivity index (χ1n) is 5.88. The van der Waals surface area contributed by atoms with E-state index in [0.29, 0.717) is 17.0 Å². The molecule has 2 aromatic rings. The highest BCUT2D eigenvalue weighted by molar-refractivity contribution is 6.11. The number of aromatic nitrogens is 2. The summed E-state index contributed by atoms with van der Waals surface area (Å²) in [6.07, 6.45) is 3.04. The maximum absolute atomic E-state index is 12.2. The topological polar surface area (TPSA) is 93.2 Å². The monoisotopic (exact) mass is 270 g/mol. The van der Waals surface area contributed by atoms with Crippen molar-refractivity contribution in [3.8, 4) is 5.75 Å². The van der Waals surface area contributed by atoms with Gasteiger partial charge in [0.05, 0.1) is 11.3 Å². The first kappa shape index (κ1) is 12.1. The highest BCUT2D eigenvalue weighted by atomic mass is 16.5. The van der Waals surface area contributed by atoms with Crippen LogP contribution in [-0.2, 0) is 4.79 Å². The number of amides is 2. The van der Waals surface area contributed by atoms with Crippen LogP contribution in [0.1, 0.15) is 10.4 Å². The van der Waals surface area contributed by atoms with Gasteiger partial charge in [-0.3, -0.25) is 14.9 Å². The molecule has 2 heterocycles. The molecular formula is C13H10N4O3. The fourth-order valence-electron chi connectivity index (χ4n) is 1.82. The summed E-state index contributed by atoms with van der Waals surface area (Å²) in [5.41, 5.74) is 0.653. The van der Waals surface area contributed by atoms with Crippen LogP contribution in [0.4, 0.5) is 11.6 Å². The third-order valence-corrected chi connectivity index (χ3v) is 2.69. The SMILES string of the molecule is O=C1COc2cccc(C(=O)Nc3ncccn3)c2N1. The van der Waals surface area contributed by atoms with Gasteiger partial charge in [0.25, 0.3) is 11.8 Å². The maximum Gasteiger partial charge on any atom is 0.262 e. The van der Waals surface area contributed by atoms with Crippen molar-refractivity contribution >= 4 is 23.5 Å². The van der Waals surface area contributed by atoms with E-state index in [2.05, 4.69) is 20.6 Å². The molecule has 1 aliphatic heterocycles. The number of benzene rings is 1. The summed E-state index contributed by atoms with van der Waals surface area (Å²) in [5.74, 6) is -0.0584. The molecule has 1 aliphatic rings. The van der Waals surface area contributed by atoms with Gasteiger partial charge in [0.15, 0.2) is 6.61 Å². The fraction of sp³-hybridized carbons (Fsp3) is 0.0769. The molecule has 0 aliphatic carbocycles. The van der Waals surface area contributed by atoms with E-state index in [4.69, 9.17) is 4.74 Å². The van der Waals surface area contributed by atoms with Gasteiger partial charge < -0.3 is 10.1 Å². The van der Waals surface area contributed by atoms with Crippen molar-refractivity contribution in [1.29, 1.82) is 0 Å². The van der Waals surface area contributed by atoms with Crippen LogP contribution < -0.4 is 15.4 Å². The molecule has 7 nitrogen and oxygen atoms in total. The molecular weight excluding hydrogens is 260 g/mol. The lowest BCUT2D eigenvalue weighted by atomic mass is 10.1. The quantitative estimate of drug-likeness (QED) is 0.851. The number of hydrogen-bond donors (Lipinski definition) is 2. The van der Waals surface area contributed by atoms with Gasteiger partial charge in [-0.1, -0.05) is 6.07 Å². The van der Waals surface area contributed by atoms with Crippen LogP contribution in [0.5, 0.6) is 5.75 Å². The second-order valence-corrected chi connectivity index (χ2v) is 4.04. The summed E-state index contributed by atoms with van der Waals surface area (Å²) in [7, 11) is 0. The van der Waals surface area contributed by atoms with Gasteiger partial charge in [-0.2, -0.15) is 0 Å². The minimum atomic E-state index is -0.418. The highest BCUT2D eigenvalue weighted by Gasteiger charge is 2.22. The van der Waals surface area contributed by atoms with E-state index in [9.17, 15) is 9.59 Å². The van der Waals surface area contributed by atoms with Gasteiger partial charge in [0.1, 0.15) is 5.75 Å². The molecule has 2 amide bonds. The standard InChI is InChI=1S/C13H10N4O3/c18-10-7-20-9-4-1-3-8(11(9)16-10)12(19)17-13-14-5-2-6-15-13/h1-6H,7H2,(H,16,18)(H,14,15,17,19). The summed E-state index contributed by atoms with van der Waals surface area (Å²) in [5, 5.41) is 5.18. The second-order valence-electron chi connectivity index (χ2n) is 4.04. The molecule has 0 unspecified atom stereocenters. The Morgan fingerprint density at radius 2 is 2.05 bits per heavy atom. The van der Waals surface area contributed by atoms with Crippen molar-refractivity contribution in [3.63, 3.8) is 0 Å². The Morgan fingerprint density at radius 3 is 2.85 bits per heavy atom. The van der Waals surface area contributed by atoms with Crippen molar-refractivity contribution in [3.05, 3.63) is 42.2 Å². The minimum absolute atomic E-state index is 0.0557. The second kappa shape index (κ2) is 4.96. The summed E-state index contributed by atoms with van der Waals surface area (Å²) >= 11 is 0. The first-order chi connectivity index (χ1) is 9.74. The van der Waals surface area contributed by atoms with Gasteiger partial charge in [-0.15, -0.1) is 0 Å². The van der Waals surface area contributed by atoms with Crippen LogP contribution in [0.25, 0.3) is 0 Å². The third-order valence-electron chi connectivity index (χ3n) is 2.69. The largest absolute Gasteiger partial charge is 0.482 e. The summed E-state index contributed by atoms with van der Waals surface area (Å²) < 4.78 is 5.25. The molecule has 7 heteroatoms. The number of rotatable bonds is 2. The number of fused-ring (bicyclic) bond motifs is 1. The van der Waals surface area contributed by atoms with E-state index in [0.717, 1.165) is 0 Å². The first-order valence-corrected chi connectivity index (χ1v) is 5.88. The molecule has 0 radical (unpaired) electrons. The van der Waals surface area contributed by atoms with E-state index >= 15 is 0 Å². The molecule has 0 bridgehead atoms. The van der Waals surface area contributed by atoms with Gasteiger partial charge in [-0.25, -0.2) is 9.97 Å². The Morgan fingerprint density at radius 1 is 1.25 bits per heavy atom. The Kier molecular flexibility index (Phi) is 3.00. The zero-order valence-corrected chi connectivity index (χ0v) is 10.3. The van der Waals surface area contributed by atoms with Crippen molar-refractivity contribution in [2.45, 2.75) is 0 Å². The minimum Gasteiger partial charge on any atom is -0.482 e. The molecule has 0 fully saturated rings. The lowest BCUT2D eigenvalue weighted by Crippen LogP contribution is -2.28. The van der Waals surface area contributed by atoms with E-state index < -0.39 is 5.91 Å². The molecule has 0 atom stereocenters. The van der Waals surface area contributed by atoms with Crippen LogP contribution in [0.15, 0.2) is 36.7 Å². The predicted octanol–water partition coefficient (Wildman–Crippen LogP) is 1.06. The number of carbonyl (C=O) groups is 2. The highest BCUT2D eigenvalue weighted by Crippen LogP contribution is 2.31. The zero-order valence-electron chi connectivity index (χ0n) is 10.3. The summed E-state index contributed by atoms with van der Waals surface area (Å²) in [6.45, 7) is -0.0557. The zero-order chi connectivity index (χ0) is 13.9. The van der Waals surface area contributed by atoms with Crippen LogP contribution in [0, 0.1) is 0 Å².